The van der Waals surface area contributed by atoms with Crippen molar-refractivity contribution in [2.24, 2.45) is 0 Å². The Morgan fingerprint density at radius 1 is 1.04 bits per heavy atom. The Morgan fingerprint density at radius 2 is 1.58 bits per heavy atom. The summed E-state index contributed by atoms with van der Waals surface area (Å²) in [6.45, 7) is 0. The van der Waals surface area contributed by atoms with Crippen molar-refractivity contribution in [3.8, 4) is 11.5 Å². The number of nitrogens with zero attached hydrogens (tertiary/aromatic N) is 2. The van der Waals surface area contributed by atoms with Gasteiger partial charge in [-0.3, -0.25) is 20.2 Å². The van der Waals surface area contributed by atoms with Crippen LogP contribution in [0.3, 0.4) is 0 Å². The monoisotopic (exact) mass is 402 g/mol. The van der Waals surface area contributed by atoms with Gasteiger partial charge in [-0.05, 0) is 12.1 Å². The number of non-ortho nitro benzene ring substituents is 2. The molecule has 0 unspecified atom stereocenters. The number of carbonyl (C=O) groups is 1. The van der Waals surface area contributed by atoms with Crippen LogP contribution in [0.2, 0.25) is 0 Å². The molecule has 0 aliphatic rings. The van der Waals surface area contributed by atoms with Crippen molar-refractivity contribution < 1.29 is 32.9 Å². The molecular weight excluding hydrogens is 396 g/mol. The van der Waals surface area contributed by atoms with E-state index >= 15 is 0 Å². The fourth-order valence-electron chi connectivity index (χ4n) is 1.84. The fraction of sp³-hybridized carbons (Fsp3) is 0. The highest BCUT2D eigenvalue weighted by Crippen LogP contribution is 2.34. The number of esters is 1. The number of nitro benzene ring substituents is 2. The molecule has 0 aliphatic heterocycles. The molecule has 0 bridgehead atoms. The number of benzene rings is 2. The van der Waals surface area contributed by atoms with E-state index in [1.165, 1.54) is 0 Å². The molecule has 0 amide bonds. The van der Waals surface area contributed by atoms with Gasteiger partial charge in [-0.1, -0.05) is 0 Å². The number of nitro groups is 2. The first kappa shape index (κ1) is 19.1. The van der Waals surface area contributed by atoms with Gasteiger partial charge in [0, 0.05) is 34.9 Å². The van der Waals surface area contributed by atoms with Crippen LogP contribution in [0.4, 0.5) is 11.4 Å². The molecule has 0 aromatic heterocycles. The van der Waals surface area contributed by atoms with Crippen LogP contribution in [-0.2, 0) is 9.05 Å². The average Bonchev–Trinajstić information content (AvgIpc) is 2.54. The van der Waals surface area contributed by atoms with Crippen LogP contribution in [0.1, 0.15) is 10.4 Å². The van der Waals surface area contributed by atoms with Crippen molar-refractivity contribution >= 4 is 37.1 Å². The number of phenolic OH excluding ortho intramolecular Hbond substituents is 1. The second-order valence-electron chi connectivity index (χ2n) is 4.68. The Labute approximate surface area is 149 Å². The topological polar surface area (TPSA) is 167 Å². The zero-order valence-electron chi connectivity index (χ0n) is 12.4. The number of carbonyl (C=O) groups excluding carboxylic acids is 1. The van der Waals surface area contributed by atoms with Crippen LogP contribution >= 0.6 is 10.7 Å². The molecule has 0 radical (unpaired) electrons. The first-order chi connectivity index (χ1) is 12.0. The summed E-state index contributed by atoms with van der Waals surface area (Å²) in [4.78, 5) is 30.9. The van der Waals surface area contributed by atoms with E-state index in [0.29, 0.717) is 12.1 Å². The van der Waals surface area contributed by atoms with Crippen molar-refractivity contribution in [2.45, 2.75) is 4.90 Å². The van der Waals surface area contributed by atoms with Gasteiger partial charge in [-0.25, -0.2) is 13.2 Å². The maximum atomic E-state index is 12.1. The third kappa shape index (κ3) is 4.04. The largest absolute Gasteiger partial charge is 0.506 e. The molecule has 0 saturated heterocycles. The molecule has 0 saturated carbocycles. The summed E-state index contributed by atoms with van der Waals surface area (Å²) < 4.78 is 27.7. The normalized spacial score (nSPS) is 11.0. The van der Waals surface area contributed by atoms with Gasteiger partial charge in [-0.2, -0.15) is 0 Å². The first-order valence-electron chi connectivity index (χ1n) is 6.43. The van der Waals surface area contributed by atoms with Crippen molar-refractivity contribution in [3.05, 3.63) is 62.2 Å². The summed E-state index contributed by atoms with van der Waals surface area (Å²) in [6.07, 6.45) is 0. The quantitative estimate of drug-likeness (QED) is 0.259. The van der Waals surface area contributed by atoms with E-state index in [9.17, 15) is 38.5 Å². The zero-order valence-corrected chi connectivity index (χ0v) is 13.9. The summed E-state index contributed by atoms with van der Waals surface area (Å²) in [5, 5.41) is 31.4. The first-order valence-corrected chi connectivity index (χ1v) is 8.74. The van der Waals surface area contributed by atoms with Crippen LogP contribution in [0.15, 0.2) is 41.3 Å². The Bertz CT molecular complexity index is 1020. The number of hydrogen-bond donors (Lipinski definition) is 1. The van der Waals surface area contributed by atoms with Crippen LogP contribution in [0.25, 0.3) is 0 Å². The summed E-state index contributed by atoms with van der Waals surface area (Å²) in [7, 11) is 0.500. The second kappa shape index (κ2) is 6.93. The average molecular weight is 403 g/mol. The van der Waals surface area contributed by atoms with Crippen molar-refractivity contribution in [3.63, 3.8) is 0 Å². The molecule has 0 fully saturated rings. The fourth-order valence-corrected chi connectivity index (χ4v) is 2.79. The Kier molecular flexibility index (Phi) is 5.09. The standard InChI is InChI=1S/C13H7ClN2O9S/c14-26(23,24)11-6-8(16(21)22)5-10(12(11)17)13(18)25-9-3-1-7(2-4-9)15(19)20/h1-6,17H. The molecule has 0 atom stereocenters. The van der Waals surface area contributed by atoms with Crippen molar-refractivity contribution in [2.75, 3.05) is 0 Å². The van der Waals surface area contributed by atoms with Gasteiger partial charge in [0.25, 0.3) is 20.4 Å². The predicted octanol–water partition coefficient (Wildman–Crippen LogP) is 2.36. The second-order valence-corrected chi connectivity index (χ2v) is 7.21. The van der Waals surface area contributed by atoms with Gasteiger partial charge in [0.15, 0.2) is 5.75 Å². The molecule has 0 heterocycles. The third-order valence-electron chi connectivity index (χ3n) is 3.01. The highest BCUT2D eigenvalue weighted by Gasteiger charge is 2.28. The molecule has 0 aliphatic carbocycles. The van der Waals surface area contributed by atoms with Crippen LogP contribution in [0.5, 0.6) is 11.5 Å². The lowest BCUT2D eigenvalue weighted by Crippen LogP contribution is -2.11. The summed E-state index contributed by atoms with van der Waals surface area (Å²) in [5.41, 5.74) is -1.92. The maximum absolute atomic E-state index is 12.1. The molecule has 26 heavy (non-hydrogen) atoms. The number of aromatic hydroxyl groups is 1. The highest BCUT2D eigenvalue weighted by atomic mass is 35.7. The van der Waals surface area contributed by atoms with Gasteiger partial charge in [-0.15, -0.1) is 0 Å². The lowest BCUT2D eigenvalue weighted by Gasteiger charge is -2.08. The molecule has 13 heteroatoms. The van der Waals surface area contributed by atoms with E-state index in [1.807, 2.05) is 0 Å². The summed E-state index contributed by atoms with van der Waals surface area (Å²) >= 11 is 0. The molecule has 136 valence electrons. The van der Waals surface area contributed by atoms with E-state index in [0.717, 1.165) is 24.3 Å². The van der Waals surface area contributed by atoms with Crippen molar-refractivity contribution in [1.82, 2.24) is 0 Å². The number of halogens is 1. The number of ether oxygens (including phenoxy) is 1. The molecule has 2 aromatic carbocycles. The maximum Gasteiger partial charge on any atom is 0.347 e. The highest BCUT2D eigenvalue weighted by molar-refractivity contribution is 8.13. The van der Waals surface area contributed by atoms with Crippen LogP contribution in [-0.4, -0.2) is 29.3 Å². The minimum Gasteiger partial charge on any atom is -0.506 e. The summed E-state index contributed by atoms with van der Waals surface area (Å²) in [6, 6.07) is 5.30. The van der Waals surface area contributed by atoms with Gasteiger partial charge >= 0.3 is 5.97 Å². The zero-order chi connectivity index (χ0) is 19.6. The Hall–Kier alpha value is -3.25. The molecular formula is C13H7ClN2O9S. The van der Waals surface area contributed by atoms with E-state index in [4.69, 9.17) is 15.4 Å². The van der Waals surface area contributed by atoms with Gasteiger partial charge in [0.05, 0.1) is 9.85 Å². The van der Waals surface area contributed by atoms with Gasteiger partial charge < -0.3 is 9.84 Å². The van der Waals surface area contributed by atoms with Crippen molar-refractivity contribution in [1.29, 1.82) is 0 Å². The van der Waals surface area contributed by atoms with Gasteiger partial charge in [0.2, 0.25) is 0 Å². The summed E-state index contributed by atoms with van der Waals surface area (Å²) in [5.74, 6) is -2.64. The Morgan fingerprint density at radius 3 is 2.04 bits per heavy atom. The lowest BCUT2D eigenvalue weighted by atomic mass is 10.1. The van der Waals surface area contributed by atoms with E-state index in [1.54, 1.807) is 0 Å². The smallest absolute Gasteiger partial charge is 0.347 e. The van der Waals surface area contributed by atoms with Gasteiger partial charge in [0.1, 0.15) is 16.2 Å². The number of phenols is 1. The number of rotatable bonds is 5. The van der Waals surface area contributed by atoms with E-state index in [-0.39, 0.29) is 11.4 Å². The minimum atomic E-state index is -4.60. The molecule has 1 N–H and O–H groups in total. The van der Waals surface area contributed by atoms with E-state index in [2.05, 4.69) is 0 Å². The number of hydrogen-bond acceptors (Lipinski definition) is 9. The predicted molar refractivity (Wildman–Crippen MR) is 85.9 cm³/mol. The Balaban J connectivity index is 2.46. The minimum absolute atomic E-state index is 0.179. The molecule has 2 aromatic rings. The third-order valence-corrected chi connectivity index (χ3v) is 4.35. The SMILES string of the molecule is O=C(Oc1ccc([N+](=O)[O-])cc1)c1cc([N+](=O)[O-])cc(S(=O)(=O)Cl)c1O. The molecule has 11 nitrogen and oxygen atoms in total. The van der Waals surface area contributed by atoms with E-state index < -0.39 is 46.8 Å². The van der Waals surface area contributed by atoms with Crippen LogP contribution in [0, 0.1) is 20.2 Å². The van der Waals surface area contributed by atoms with Crippen LogP contribution < -0.4 is 4.74 Å². The molecule has 0 spiro atoms. The lowest BCUT2D eigenvalue weighted by molar-refractivity contribution is -0.385. The molecule has 2 rings (SSSR count).